The number of hydrogen-bond acceptors (Lipinski definition) is 2. The summed E-state index contributed by atoms with van der Waals surface area (Å²) in [5, 5.41) is 0.627. The standard InChI is InChI=1S/C10H8BrFN2O/c11-7-2-5-1-6(4-13)10(15)14-9(5)8(12)3-7/h1-3H,4,13H2,(H,14,15). The SMILES string of the molecule is NCc1cc2cc(Br)cc(F)c2[nH]c1=O. The van der Waals surface area contributed by atoms with Crippen LogP contribution in [0.4, 0.5) is 4.39 Å². The summed E-state index contributed by atoms with van der Waals surface area (Å²) in [5.41, 5.74) is 5.70. The van der Waals surface area contributed by atoms with Gasteiger partial charge in [-0.05, 0) is 18.2 Å². The minimum absolute atomic E-state index is 0.138. The molecule has 0 saturated heterocycles. The first-order chi connectivity index (χ1) is 7.11. The molecule has 0 unspecified atom stereocenters. The summed E-state index contributed by atoms with van der Waals surface area (Å²) in [6.07, 6.45) is 0. The first-order valence-corrected chi connectivity index (χ1v) is 5.12. The first kappa shape index (κ1) is 10.3. The topological polar surface area (TPSA) is 58.9 Å². The summed E-state index contributed by atoms with van der Waals surface area (Å²) in [7, 11) is 0. The Labute approximate surface area is 93.2 Å². The van der Waals surface area contributed by atoms with Gasteiger partial charge in [-0.2, -0.15) is 0 Å². The fraction of sp³-hybridized carbons (Fsp3) is 0.100. The van der Waals surface area contributed by atoms with E-state index in [-0.39, 0.29) is 17.6 Å². The van der Waals surface area contributed by atoms with Crippen molar-refractivity contribution < 1.29 is 4.39 Å². The van der Waals surface area contributed by atoms with E-state index in [9.17, 15) is 9.18 Å². The second kappa shape index (κ2) is 3.75. The number of nitrogens with one attached hydrogen (secondary N) is 1. The van der Waals surface area contributed by atoms with Crippen molar-refractivity contribution in [3.05, 3.63) is 44.4 Å². The van der Waals surface area contributed by atoms with Gasteiger partial charge in [0.15, 0.2) is 0 Å². The monoisotopic (exact) mass is 270 g/mol. The zero-order valence-corrected chi connectivity index (χ0v) is 9.27. The minimum atomic E-state index is -0.458. The summed E-state index contributed by atoms with van der Waals surface area (Å²) < 4.78 is 14.1. The van der Waals surface area contributed by atoms with Gasteiger partial charge in [0.1, 0.15) is 5.82 Å². The number of rotatable bonds is 1. The molecular formula is C10H8BrFN2O. The van der Waals surface area contributed by atoms with E-state index in [4.69, 9.17) is 5.73 Å². The maximum Gasteiger partial charge on any atom is 0.253 e. The van der Waals surface area contributed by atoms with Gasteiger partial charge in [-0.1, -0.05) is 15.9 Å². The van der Waals surface area contributed by atoms with E-state index in [2.05, 4.69) is 20.9 Å². The van der Waals surface area contributed by atoms with E-state index in [1.54, 1.807) is 12.1 Å². The molecule has 3 nitrogen and oxygen atoms in total. The molecule has 2 rings (SSSR count). The number of benzene rings is 1. The van der Waals surface area contributed by atoms with Crippen LogP contribution in [0.2, 0.25) is 0 Å². The molecular weight excluding hydrogens is 263 g/mol. The van der Waals surface area contributed by atoms with E-state index < -0.39 is 5.82 Å². The zero-order chi connectivity index (χ0) is 11.0. The lowest BCUT2D eigenvalue weighted by atomic mass is 10.1. The Kier molecular flexibility index (Phi) is 2.58. The molecule has 5 heteroatoms. The quantitative estimate of drug-likeness (QED) is 0.832. The third kappa shape index (κ3) is 1.80. The molecule has 78 valence electrons. The lowest BCUT2D eigenvalue weighted by Crippen LogP contribution is -2.15. The number of aromatic nitrogens is 1. The van der Waals surface area contributed by atoms with Crippen LogP contribution in [-0.2, 0) is 6.54 Å². The van der Waals surface area contributed by atoms with Crippen molar-refractivity contribution in [3.63, 3.8) is 0 Å². The highest BCUT2D eigenvalue weighted by atomic mass is 79.9. The van der Waals surface area contributed by atoms with Crippen LogP contribution >= 0.6 is 15.9 Å². The minimum Gasteiger partial charge on any atom is -0.326 e. The van der Waals surface area contributed by atoms with Crippen molar-refractivity contribution in [1.82, 2.24) is 4.98 Å². The highest BCUT2D eigenvalue weighted by Crippen LogP contribution is 2.21. The molecule has 0 amide bonds. The Morgan fingerprint density at radius 3 is 2.80 bits per heavy atom. The zero-order valence-electron chi connectivity index (χ0n) is 7.68. The average molecular weight is 271 g/mol. The Balaban J connectivity index is 2.87. The van der Waals surface area contributed by atoms with Gasteiger partial charge in [-0.3, -0.25) is 4.79 Å². The van der Waals surface area contributed by atoms with Crippen molar-refractivity contribution in [1.29, 1.82) is 0 Å². The molecule has 1 aromatic heterocycles. The molecule has 1 aromatic carbocycles. The summed E-state index contributed by atoms with van der Waals surface area (Å²) in [6, 6.07) is 4.63. The lowest BCUT2D eigenvalue weighted by Gasteiger charge is -2.02. The van der Waals surface area contributed by atoms with Crippen LogP contribution in [-0.4, -0.2) is 4.98 Å². The number of halogens is 2. The van der Waals surface area contributed by atoms with Crippen molar-refractivity contribution in [2.45, 2.75) is 6.54 Å². The lowest BCUT2D eigenvalue weighted by molar-refractivity contribution is 0.635. The molecule has 0 fully saturated rings. The van der Waals surface area contributed by atoms with Crippen molar-refractivity contribution in [2.75, 3.05) is 0 Å². The van der Waals surface area contributed by atoms with Crippen LogP contribution in [0.3, 0.4) is 0 Å². The Hall–Kier alpha value is -1.20. The van der Waals surface area contributed by atoms with E-state index in [0.29, 0.717) is 15.4 Å². The van der Waals surface area contributed by atoms with Gasteiger partial charge in [-0.25, -0.2) is 4.39 Å². The maximum atomic E-state index is 13.4. The van der Waals surface area contributed by atoms with Crippen LogP contribution in [0.1, 0.15) is 5.56 Å². The second-order valence-electron chi connectivity index (χ2n) is 3.18. The van der Waals surface area contributed by atoms with Gasteiger partial charge in [0.05, 0.1) is 5.52 Å². The van der Waals surface area contributed by atoms with Gasteiger partial charge in [-0.15, -0.1) is 0 Å². The van der Waals surface area contributed by atoms with E-state index in [1.165, 1.54) is 6.07 Å². The molecule has 0 saturated carbocycles. The van der Waals surface area contributed by atoms with Crippen molar-refractivity contribution in [2.24, 2.45) is 5.73 Å². The smallest absolute Gasteiger partial charge is 0.253 e. The molecule has 2 aromatic rings. The number of fused-ring (bicyclic) bond motifs is 1. The number of nitrogens with two attached hydrogens (primary N) is 1. The highest BCUT2D eigenvalue weighted by molar-refractivity contribution is 9.10. The predicted molar refractivity (Wildman–Crippen MR) is 60.1 cm³/mol. The molecule has 0 aliphatic heterocycles. The molecule has 0 aliphatic rings. The Bertz CT molecular complexity index is 579. The largest absolute Gasteiger partial charge is 0.326 e. The van der Waals surface area contributed by atoms with E-state index in [0.717, 1.165) is 0 Å². The highest BCUT2D eigenvalue weighted by Gasteiger charge is 2.06. The summed E-state index contributed by atoms with van der Waals surface area (Å²) in [6.45, 7) is 0.138. The second-order valence-corrected chi connectivity index (χ2v) is 4.10. The molecule has 0 aliphatic carbocycles. The van der Waals surface area contributed by atoms with Gasteiger partial charge >= 0.3 is 0 Å². The molecule has 0 spiro atoms. The Morgan fingerprint density at radius 2 is 2.13 bits per heavy atom. The molecule has 0 atom stereocenters. The normalized spacial score (nSPS) is 10.9. The van der Waals surface area contributed by atoms with Crippen LogP contribution in [0.5, 0.6) is 0 Å². The molecule has 0 radical (unpaired) electrons. The predicted octanol–water partition coefficient (Wildman–Crippen LogP) is 1.89. The molecule has 0 bridgehead atoms. The van der Waals surface area contributed by atoms with E-state index >= 15 is 0 Å². The average Bonchev–Trinajstić information content (AvgIpc) is 2.18. The number of pyridine rings is 1. The Morgan fingerprint density at radius 1 is 1.40 bits per heavy atom. The van der Waals surface area contributed by atoms with Crippen LogP contribution in [0.25, 0.3) is 10.9 Å². The fourth-order valence-corrected chi connectivity index (χ4v) is 1.89. The van der Waals surface area contributed by atoms with Crippen LogP contribution < -0.4 is 11.3 Å². The van der Waals surface area contributed by atoms with Gasteiger partial charge in [0.25, 0.3) is 5.56 Å². The first-order valence-electron chi connectivity index (χ1n) is 4.33. The van der Waals surface area contributed by atoms with Crippen LogP contribution in [0.15, 0.2) is 27.5 Å². The van der Waals surface area contributed by atoms with Crippen molar-refractivity contribution in [3.8, 4) is 0 Å². The van der Waals surface area contributed by atoms with E-state index in [1.807, 2.05) is 0 Å². The number of aromatic amines is 1. The summed E-state index contributed by atoms with van der Waals surface area (Å²) in [5.74, 6) is -0.458. The van der Waals surface area contributed by atoms with Gasteiger partial charge in [0.2, 0.25) is 0 Å². The molecule has 3 N–H and O–H groups in total. The van der Waals surface area contributed by atoms with Gasteiger partial charge < -0.3 is 10.7 Å². The number of H-pyrrole nitrogens is 1. The third-order valence-corrected chi connectivity index (χ3v) is 2.62. The van der Waals surface area contributed by atoms with Gasteiger partial charge in [0, 0.05) is 22.0 Å². The maximum absolute atomic E-state index is 13.4. The summed E-state index contributed by atoms with van der Waals surface area (Å²) in [4.78, 5) is 13.9. The molecule has 15 heavy (non-hydrogen) atoms. The fourth-order valence-electron chi connectivity index (χ4n) is 1.44. The number of hydrogen-bond donors (Lipinski definition) is 2. The third-order valence-electron chi connectivity index (χ3n) is 2.17. The van der Waals surface area contributed by atoms with Crippen LogP contribution in [0, 0.1) is 5.82 Å². The van der Waals surface area contributed by atoms with Crippen molar-refractivity contribution >= 4 is 26.8 Å². The molecule has 1 heterocycles. The summed E-state index contributed by atoms with van der Waals surface area (Å²) >= 11 is 3.18.